The number of carbonyl (C=O) groups excluding carboxylic acids is 1. The van der Waals surface area contributed by atoms with Crippen molar-refractivity contribution in [1.82, 2.24) is 14.8 Å². The Balaban J connectivity index is 1.66. The van der Waals surface area contributed by atoms with Crippen LogP contribution in [0.25, 0.3) is 0 Å². The van der Waals surface area contributed by atoms with Crippen LogP contribution >= 0.6 is 11.6 Å². The predicted molar refractivity (Wildman–Crippen MR) is 104 cm³/mol. The number of rotatable bonds is 5. The van der Waals surface area contributed by atoms with Gasteiger partial charge in [-0.2, -0.15) is 5.10 Å². The highest BCUT2D eigenvalue weighted by atomic mass is 35.5. The maximum atomic E-state index is 12.2. The Morgan fingerprint density at radius 2 is 1.93 bits per heavy atom. The lowest BCUT2D eigenvalue weighted by Crippen LogP contribution is -2.06. The van der Waals surface area contributed by atoms with Gasteiger partial charge < -0.3 is 4.84 Å². The zero-order chi connectivity index (χ0) is 19.4. The second kappa shape index (κ2) is 8.14. The molecule has 0 bridgehead atoms. The molecule has 1 aromatic carbocycles. The standard InChI is InChI=1S/C20H19ClN4O2/c1-13(18-6-4-5-11-22-18)24-27-20(26)17-9-7-16(8-10-17)12-25-15(3)19(21)14(2)23-25/h4-11H,12H2,1-3H3. The first-order valence-electron chi connectivity index (χ1n) is 8.41. The Kier molecular flexibility index (Phi) is 5.66. The molecule has 0 saturated carbocycles. The van der Waals surface area contributed by atoms with E-state index in [1.807, 2.05) is 42.8 Å². The predicted octanol–water partition coefficient (Wildman–Crippen LogP) is 4.18. The lowest BCUT2D eigenvalue weighted by atomic mass is 10.1. The van der Waals surface area contributed by atoms with Crippen LogP contribution in [0.5, 0.6) is 0 Å². The highest BCUT2D eigenvalue weighted by Crippen LogP contribution is 2.20. The van der Waals surface area contributed by atoms with Crippen molar-refractivity contribution in [1.29, 1.82) is 0 Å². The Bertz CT molecular complexity index is 979. The highest BCUT2D eigenvalue weighted by molar-refractivity contribution is 6.31. The molecule has 0 spiro atoms. The van der Waals surface area contributed by atoms with E-state index in [9.17, 15) is 4.79 Å². The van der Waals surface area contributed by atoms with Gasteiger partial charge in [0.05, 0.1) is 34.2 Å². The summed E-state index contributed by atoms with van der Waals surface area (Å²) in [5.74, 6) is -0.522. The average Bonchev–Trinajstić information content (AvgIpc) is 2.93. The van der Waals surface area contributed by atoms with Crippen molar-refractivity contribution in [3.05, 3.63) is 81.9 Å². The number of nitrogens with zero attached hydrogens (tertiary/aromatic N) is 4. The Morgan fingerprint density at radius 3 is 2.52 bits per heavy atom. The van der Waals surface area contributed by atoms with Crippen LogP contribution in [-0.2, 0) is 11.4 Å². The summed E-state index contributed by atoms with van der Waals surface area (Å²) >= 11 is 6.17. The molecule has 0 aliphatic rings. The number of aromatic nitrogens is 3. The molecule has 0 unspecified atom stereocenters. The molecule has 0 amide bonds. The Labute approximate surface area is 162 Å². The Hall–Kier alpha value is -2.99. The van der Waals surface area contributed by atoms with Crippen LogP contribution in [0.2, 0.25) is 5.02 Å². The van der Waals surface area contributed by atoms with Crippen molar-refractivity contribution in [2.75, 3.05) is 0 Å². The fraction of sp³-hybridized carbons (Fsp3) is 0.200. The molecular weight excluding hydrogens is 364 g/mol. The summed E-state index contributed by atoms with van der Waals surface area (Å²) < 4.78 is 1.84. The molecule has 3 aromatic rings. The number of pyridine rings is 1. The van der Waals surface area contributed by atoms with Crippen LogP contribution in [0, 0.1) is 13.8 Å². The molecule has 0 saturated heterocycles. The lowest BCUT2D eigenvalue weighted by Gasteiger charge is -2.06. The van der Waals surface area contributed by atoms with Crippen LogP contribution < -0.4 is 0 Å². The van der Waals surface area contributed by atoms with Crippen molar-refractivity contribution in [3.63, 3.8) is 0 Å². The molecular formula is C20H19ClN4O2. The number of halogens is 1. The number of benzene rings is 1. The van der Waals surface area contributed by atoms with E-state index in [1.54, 1.807) is 31.3 Å². The third kappa shape index (κ3) is 4.41. The lowest BCUT2D eigenvalue weighted by molar-refractivity contribution is 0.0516. The molecule has 0 fully saturated rings. The second-order valence-corrected chi connectivity index (χ2v) is 6.49. The van der Waals surface area contributed by atoms with Gasteiger partial charge in [-0.05, 0) is 50.6 Å². The topological polar surface area (TPSA) is 69.4 Å². The normalized spacial score (nSPS) is 11.5. The van der Waals surface area contributed by atoms with Gasteiger partial charge in [-0.15, -0.1) is 0 Å². The second-order valence-electron chi connectivity index (χ2n) is 6.11. The third-order valence-electron chi connectivity index (χ3n) is 4.12. The third-order valence-corrected chi connectivity index (χ3v) is 4.66. The van der Waals surface area contributed by atoms with Gasteiger partial charge in [0, 0.05) is 6.20 Å². The number of oxime groups is 1. The highest BCUT2D eigenvalue weighted by Gasteiger charge is 2.11. The van der Waals surface area contributed by atoms with Crippen LogP contribution in [0.3, 0.4) is 0 Å². The number of carbonyl (C=O) groups is 1. The van der Waals surface area contributed by atoms with Crippen LogP contribution in [0.15, 0.2) is 53.8 Å². The monoisotopic (exact) mass is 382 g/mol. The van der Waals surface area contributed by atoms with E-state index in [-0.39, 0.29) is 0 Å². The van der Waals surface area contributed by atoms with Gasteiger partial charge in [-0.3, -0.25) is 9.67 Å². The van der Waals surface area contributed by atoms with Crippen molar-refractivity contribution in [2.24, 2.45) is 5.16 Å². The minimum absolute atomic E-state index is 0.419. The quantitative estimate of drug-likeness (QED) is 0.377. The van der Waals surface area contributed by atoms with Crippen molar-refractivity contribution in [2.45, 2.75) is 27.3 Å². The van der Waals surface area contributed by atoms with Gasteiger partial charge in [0.2, 0.25) is 0 Å². The first-order valence-corrected chi connectivity index (χ1v) is 8.79. The molecule has 0 aliphatic heterocycles. The molecule has 2 aromatic heterocycles. The summed E-state index contributed by atoms with van der Waals surface area (Å²) in [5, 5.41) is 8.95. The minimum Gasteiger partial charge on any atom is -0.312 e. The molecule has 0 aliphatic carbocycles. The maximum Gasteiger partial charge on any atom is 0.365 e. The molecule has 6 nitrogen and oxygen atoms in total. The average molecular weight is 383 g/mol. The van der Waals surface area contributed by atoms with E-state index >= 15 is 0 Å². The molecule has 3 rings (SSSR count). The minimum atomic E-state index is -0.522. The van der Waals surface area contributed by atoms with E-state index in [2.05, 4.69) is 15.2 Å². The van der Waals surface area contributed by atoms with Gasteiger partial charge in [-0.25, -0.2) is 4.79 Å². The number of hydrogen-bond acceptors (Lipinski definition) is 5. The fourth-order valence-corrected chi connectivity index (χ4v) is 2.67. The summed E-state index contributed by atoms with van der Waals surface area (Å²) in [7, 11) is 0. The zero-order valence-electron chi connectivity index (χ0n) is 15.3. The maximum absolute atomic E-state index is 12.2. The molecule has 7 heteroatoms. The van der Waals surface area contributed by atoms with Gasteiger partial charge in [0.1, 0.15) is 5.71 Å². The number of hydrogen-bond donors (Lipinski definition) is 0. The van der Waals surface area contributed by atoms with E-state index in [0.29, 0.717) is 28.5 Å². The first-order chi connectivity index (χ1) is 13.0. The summed E-state index contributed by atoms with van der Waals surface area (Å²) in [6, 6.07) is 12.6. The number of aryl methyl sites for hydroxylation is 1. The molecule has 138 valence electrons. The molecule has 27 heavy (non-hydrogen) atoms. The van der Waals surface area contributed by atoms with Crippen LogP contribution in [0.4, 0.5) is 0 Å². The van der Waals surface area contributed by atoms with E-state index in [1.165, 1.54) is 0 Å². The molecule has 0 N–H and O–H groups in total. The molecule has 0 radical (unpaired) electrons. The largest absolute Gasteiger partial charge is 0.365 e. The van der Waals surface area contributed by atoms with E-state index in [4.69, 9.17) is 16.4 Å². The SMILES string of the molecule is CC(=NOC(=O)c1ccc(Cn2nc(C)c(Cl)c2C)cc1)c1ccccn1. The summed E-state index contributed by atoms with van der Waals surface area (Å²) in [6.07, 6.45) is 1.66. The summed E-state index contributed by atoms with van der Waals surface area (Å²) in [5.41, 5.74) is 4.32. The first kappa shape index (κ1) is 18.8. The smallest absolute Gasteiger partial charge is 0.312 e. The van der Waals surface area contributed by atoms with Gasteiger partial charge in [-0.1, -0.05) is 35.0 Å². The van der Waals surface area contributed by atoms with E-state index < -0.39 is 5.97 Å². The van der Waals surface area contributed by atoms with Gasteiger partial charge >= 0.3 is 5.97 Å². The summed E-state index contributed by atoms with van der Waals surface area (Å²) in [6.45, 7) is 6.11. The van der Waals surface area contributed by atoms with Gasteiger partial charge in [0.15, 0.2) is 0 Å². The fourth-order valence-electron chi connectivity index (χ4n) is 2.53. The zero-order valence-corrected chi connectivity index (χ0v) is 16.1. The van der Waals surface area contributed by atoms with Crippen LogP contribution in [0.1, 0.15) is 39.9 Å². The molecule has 2 heterocycles. The van der Waals surface area contributed by atoms with E-state index in [0.717, 1.165) is 17.0 Å². The van der Waals surface area contributed by atoms with Crippen LogP contribution in [-0.4, -0.2) is 26.4 Å². The van der Waals surface area contributed by atoms with Crippen molar-refractivity contribution >= 4 is 23.3 Å². The van der Waals surface area contributed by atoms with Crippen molar-refractivity contribution in [3.8, 4) is 0 Å². The van der Waals surface area contributed by atoms with Crippen molar-refractivity contribution < 1.29 is 9.63 Å². The van der Waals surface area contributed by atoms with Gasteiger partial charge in [0.25, 0.3) is 0 Å². The molecule has 0 atom stereocenters. The summed E-state index contributed by atoms with van der Waals surface area (Å²) in [4.78, 5) is 21.3. The Morgan fingerprint density at radius 1 is 1.19 bits per heavy atom.